The van der Waals surface area contributed by atoms with E-state index in [1.54, 1.807) is 0 Å². The van der Waals surface area contributed by atoms with E-state index in [2.05, 4.69) is 0 Å². The molecule has 0 radical (unpaired) electrons. The van der Waals surface area contributed by atoms with Crippen molar-refractivity contribution >= 4 is 67.6 Å². The molecule has 0 aliphatic carbocycles. The Morgan fingerprint density at radius 2 is 0.588 bits per heavy atom. The van der Waals surface area contributed by atoms with E-state index < -0.39 is 27.1 Å². The van der Waals surface area contributed by atoms with Crippen molar-refractivity contribution in [3.8, 4) is 0 Å². The minimum absolute atomic E-state index is 0. The van der Waals surface area contributed by atoms with Gasteiger partial charge in [-0.25, -0.2) is 0 Å². The van der Waals surface area contributed by atoms with Crippen LogP contribution in [-0.2, 0) is 0 Å². The molecule has 0 fully saturated rings. The summed E-state index contributed by atoms with van der Waals surface area (Å²) in [6, 6.07) is 0. The number of rotatable bonds is 0. The van der Waals surface area contributed by atoms with Crippen LogP contribution in [0.25, 0.3) is 0 Å². The number of hydrogen-bond donors (Lipinski definition) is 7. The van der Waals surface area contributed by atoms with Gasteiger partial charge < -0.3 is 66.6 Å². The summed E-state index contributed by atoms with van der Waals surface area (Å²) in [4.78, 5) is 94.2. The fraction of sp³-hybridized carbons (Fsp3) is 0. The van der Waals surface area contributed by atoms with Gasteiger partial charge in [0.1, 0.15) is 0 Å². The third-order valence-corrected chi connectivity index (χ3v) is 0. The van der Waals surface area contributed by atoms with Gasteiger partial charge in [-0.2, -0.15) is 0 Å². The summed E-state index contributed by atoms with van der Waals surface area (Å²) in [6.45, 7) is 0. The Morgan fingerprint density at radius 3 is 0.588 bits per heavy atom. The first-order valence-corrected chi connectivity index (χ1v) is 7.76. The van der Waals surface area contributed by atoms with Crippen LogP contribution >= 0.6 is 0 Å². The van der Waals surface area contributed by atoms with Gasteiger partial charge in [-0.1, -0.05) is 0 Å². The average molecular weight is 335 g/mol. The topological polar surface area (TPSA) is 257 Å². The zero-order valence-corrected chi connectivity index (χ0v) is 13.5. The fourth-order valence-corrected chi connectivity index (χ4v) is 0. The van der Waals surface area contributed by atoms with Crippen LogP contribution in [-0.4, -0.2) is 101 Å². The van der Waals surface area contributed by atoms with Crippen molar-refractivity contribution in [1.29, 1.82) is 0 Å². The molecule has 0 atom stereocenters. The standard InChI is InChI=1S/Al.Mg.H4O4Si.H3O4Si.O4Si/c;;3*1-5(2,3)4/h;;1-4H;1-3H;/q+3;+2;;-1;-4. The Kier molecular flexibility index (Phi) is 22.8. The minimum atomic E-state index is -5.61. The van der Waals surface area contributed by atoms with Crippen LogP contribution in [0.15, 0.2) is 0 Å². The van der Waals surface area contributed by atoms with E-state index >= 15 is 0 Å². The first kappa shape index (κ1) is 31.1. The summed E-state index contributed by atoms with van der Waals surface area (Å²) in [5.41, 5.74) is 0. The van der Waals surface area contributed by atoms with Gasteiger partial charge in [0.2, 0.25) is 0 Å². The van der Waals surface area contributed by atoms with E-state index in [1.165, 1.54) is 0 Å². The second-order valence-corrected chi connectivity index (χ2v) is 5.02. The maximum atomic E-state index is 8.91. The average Bonchev–Trinajstić information content (AvgIpc) is 1.41. The monoisotopic (exact) mass is 334 g/mol. The van der Waals surface area contributed by atoms with Crippen LogP contribution < -0.4 is 24.0 Å². The maximum absolute atomic E-state index is 8.91. The maximum Gasteiger partial charge on any atom is 3.00 e. The van der Waals surface area contributed by atoms with Crippen LogP contribution in [0.4, 0.5) is 0 Å². The summed E-state index contributed by atoms with van der Waals surface area (Å²) in [5, 5.41) is 0. The molecule has 0 aromatic carbocycles. The molecule has 17 heteroatoms. The van der Waals surface area contributed by atoms with Gasteiger partial charge in [0, 0.05) is 0 Å². The molecule has 0 saturated carbocycles. The summed E-state index contributed by atoms with van der Waals surface area (Å²) in [7, 11) is -15.1. The van der Waals surface area contributed by atoms with Gasteiger partial charge in [0.05, 0.1) is 0 Å². The van der Waals surface area contributed by atoms with Gasteiger partial charge in [-0.3, -0.25) is 0 Å². The van der Waals surface area contributed by atoms with Crippen molar-refractivity contribution in [2.75, 3.05) is 0 Å². The molecule has 0 saturated heterocycles. The van der Waals surface area contributed by atoms with Crippen LogP contribution in [0.2, 0.25) is 0 Å². The summed E-state index contributed by atoms with van der Waals surface area (Å²) in [5.74, 6) is 0. The predicted octanol–water partition coefficient (Wildman–Crippen LogP) is -11.7. The van der Waals surface area contributed by atoms with Gasteiger partial charge in [0.25, 0.3) is 0 Å². The SMILES string of the molecule is O[Si](O)(O)O.[Al+3].[Mg+2].[O-][Si](O)(O)O.[O-][Si]([O-])([O-])[O-]. The third-order valence-electron chi connectivity index (χ3n) is 0. The van der Waals surface area contributed by atoms with Crippen molar-refractivity contribution in [3.63, 3.8) is 0 Å². The molecule has 0 unspecified atom stereocenters. The first-order valence-electron chi connectivity index (χ1n) is 2.59. The molecule has 0 aromatic rings. The predicted molar refractivity (Wildman–Crippen MR) is 44.3 cm³/mol. The van der Waals surface area contributed by atoms with Crippen LogP contribution in [0, 0.1) is 0 Å². The molecule has 0 aliphatic heterocycles. The molecule has 0 bridgehead atoms. The Balaban J connectivity index is -0.0000000400. The zero-order chi connectivity index (χ0) is 13.5. The van der Waals surface area contributed by atoms with E-state index in [-0.39, 0.29) is 40.4 Å². The molecule has 0 aliphatic rings. The fourth-order valence-electron chi connectivity index (χ4n) is 0. The molecule has 0 spiro atoms. The van der Waals surface area contributed by atoms with E-state index in [4.69, 9.17) is 57.5 Å². The summed E-state index contributed by atoms with van der Waals surface area (Å²) < 4.78 is 0. The first-order chi connectivity index (χ1) is 6.00. The molecule has 96 valence electrons. The second-order valence-electron chi connectivity index (χ2n) is 1.67. The number of hydrogen-bond acceptors (Lipinski definition) is 12. The Bertz CT molecular complexity index is 96.8. The third kappa shape index (κ3) is 1940. The van der Waals surface area contributed by atoms with Crippen molar-refractivity contribution in [2.24, 2.45) is 0 Å². The van der Waals surface area contributed by atoms with E-state index in [9.17, 15) is 0 Å². The molecular weight excluding hydrogens is 328 g/mol. The Morgan fingerprint density at radius 1 is 0.588 bits per heavy atom. The van der Waals surface area contributed by atoms with Crippen LogP contribution in [0.5, 0.6) is 0 Å². The molecule has 17 heavy (non-hydrogen) atoms. The normalized spacial score (nSPS) is 10.6. The van der Waals surface area contributed by atoms with Gasteiger partial charge in [-0.15, -0.1) is 0 Å². The van der Waals surface area contributed by atoms with E-state index in [1.807, 2.05) is 0 Å². The summed E-state index contributed by atoms with van der Waals surface area (Å²) >= 11 is 0. The quantitative estimate of drug-likeness (QED) is 0.204. The molecule has 0 rings (SSSR count). The van der Waals surface area contributed by atoms with Gasteiger partial charge in [0.15, 0.2) is 0 Å². The summed E-state index contributed by atoms with van der Waals surface area (Å²) in [6.07, 6.45) is 0. The van der Waals surface area contributed by atoms with Crippen LogP contribution in [0.3, 0.4) is 0 Å². The smallest absolute Gasteiger partial charge is 0.894 e. The van der Waals surface area contributed by atoms with Crippen molar-refractivity contribution < 1.29 is 57.5 Å². The molecule has 7 N–H and O–H groups in total. The largest absolute Gasteiger partial charge is 3.00 e. The Labute approximate surface area is 125 Å². The van der Waals surface area contributed by atoms with E-state index in [0.717, 1.165) is 0 Å². The van der Waals surface area contributed by atoms with Crippen LogP contribution in [0.1, 0.15) is 0 Å². The minimum Gasteiger partial charge on any atom is -0.894 e. The zero-order valence-electron chi connectivity index (χ0n) is 7.96. The van der Waals surface area contributed by atoms with Crippen molar-refractivity contribution in [2.45, 2.75) is 0 Å². The molecule has 12 nitrogen and oxygen atoms in total. The van der Waals surface area contributed by atoms with Gasteiger partial charge in [-0.05, 0) is 0 Å². The van der Waals surface area contributed by atoms with Gasteiger partial charge >= 0.3 is 58.5 Å². The molecular formula is H7AlMgO12Si3. The van der Waals surface area contributed by atoms with E-state index in [0.29, 0.717) is 0 Å². The van der Waals surface area contributed by atoms with Crippen molar-refractivity contribution in [1.82, 2.24) is 0 Å². The molecule has 0 aromatic heterocycles. The molecule has 0 amide bonds. The molecule has 0 heterocycles. The second kappa shape index (κ2) is 12.5. The Hall–Kier alpha value is 1.47. The van der Waals surface area contributed by atoms with Crippen molar-refractivity contribution in [3.05, 3.63) is 0 Å².